The first kappa shape index (κ1) is 22.8. The molecule has 0 aliphatic carbocycles. The van der Waals surface area contributed by atoms with Crippen molar-refractivity contribution in [2.24, 2.45) is 4.99 Å². The third kappa shape index (κ3) is 15.8. The maximum atomic E-state index is 11.7. The van der Waals surface area contributed by atoms with E-state index in [0.717, 1.165) is 24.6 Å². The number of guanidine groups is 1. The summed E-state index contributed by atoms with van der Waals surface area (Å²) in [7, 11) is 0. The van der Waals surface area contributed by atoms with Crippen LogP contribution in [0.5, 0.6) is 0 Å². The highest BCUT2D eigenvalue weighted by atomic mass is 127. The molecule has 0 atom stereocenters. The Balaban J connectivity index is 0. The fourth-order valence-electron chi connectivity index (χ4n) is 1.36. The maximum Gasteiger partial charge on any atom is 0.242 e. The van der Waals surface area contributed by atoms with Gasteiger partial charge in [-0.05, 0) is 27.7 Å². The lowest BCUT2D eigenvalue weighted by atomic mass is 10.1. The molecule has 3 N–H and O–H groups in total. The third-order valence-corrected chi connectivity index (χ3v) is 2.98. The van der Waals surface area contributed by atoms with E-state index in [-0.39, 0.29) is 42.0 Å². The van der Waals surface area contributed by atoms with Crippen LogP contribution >= 0.6 is 35.7 Å². The molecule has 0 saturated carbocycles. The number of hydrogen-bond donors (Lipinski definition) is 3. The molecule has 0 unspecified atom stereocenters. The Hall–Kier alpha value is -0.440. The molecule has 0 fully saturated rings. The van der Waals surface area contributed by atoms with Crippen LogP contribution in [-0.2, 0) is 4.79 Å². The first-order chi connectivity index (χ1) is 9.39. The standard InChI is InChI=1S/C14H28N4OS.HI/c1-6-9-20-10-8-16-13(15-7-2)17-11-12(19)18-14(3,4)5;/h6H,1,7-11H2,2-5H3,(H,18,19)(H2,15,16,17);1H. The number of hydrogen-bond acceptors (Lipinski definition) is 3. The van der Waals surface area contributed by atoms with Crippen molar-refractivity contribution in [3.05, 3.63) is 12.7 Å². The third-order valence-electron chi connectivity index (χ3n) is 2.01. The summed E-state index contributed by atoms with van der Waals surface area (Å²) in [5.41, 5.74) is -0.223. The second-order valence-corrected chi connectivity index (χ2v) is 6.43. The van der Waals surface area contributed by atoms with Crippen LogP contribution in [0.15, 0.2) is 17.6 Å². The predicted molar refractivity (Wildman–Crippen MR) is 105 cm³/mol. The van der Waals surface area contributed by atoms with Gasteiger partial charge in [0.15, 0.2) is 5.96 Å². The van der Waals surface area contributed by atoms with Crippen molar-refractivity contribution in [2.75, 3.05) is 31.1 Å². The minimum atomic E-state index is -0.223. The number of aliphatic imine (C=N–C) groups is 1. The molecule has 0 heterocycles. The van der Waals surface area contributed by atoms with E-state index in [0.29, 0.717) is 5.96 Å². The van der Waals surface area contributed by atoms with E-state index in [2.05, 4.69) is 27.5 Å². The minimum absolute atomic E-state index is 0. The fraction of sp³-hybridized carbons (Fsp3) is 0.714. The van der Waals surface area contributed by atoms with E-state index in [1.54, 1.807) is 11.8 Å². The number of nitrogens with zero attached hydrogens (tertiary/aromatic N) is 1. The van der Waals surface area contributed by atoms with Gasteiger partial charge in [0.1, 0.15) is 6.54 Å². The summed E-state index contributed by atoms with van der Waals surface area (Å²) in [6.45, 7) is 13.3. The number of amides is 1. The smallest absolute Gasteiger partial charge is 0.242 e. The van der Waals surface area contributed by atoms with Gasteiger partial charge >= 0.3 is 0 Å². The molecule has 0 saturated heterocycles. The Bertz CT molecular complexity index is 329. The number of halogens is 1. The van der Waals surface area contributed by atoms with Gasteiger partial charge in [-0.15, -0.1) is 30.6 Å². The summed E-state index contributed by atoms with van der Waals surface area (Å²) in [6.07, 6.45) is 1.89. The minimum Gasteiger partial charge on any atom is -0.357 e. The Morgan fingerprint density at radius 2 is 2.00 bits per heavy atom. The van der Waals surface area contributed by atoms with E-state index < -0.39 is 0 Å². The van der Waals surface area contributed by atoms with Crippen molar-refractivity contribution in [3.8, 4) is 0 Å². The quantitative estimate of drug-likeness (QED) is 0.182. The molecule has 0 aliphatic heterocycles. The van der Waals surface area contributed by atoms with Crippen molar-refractivity contribution < 1.29 is 4.79 Å². The number of thioether (sulfide) groups is 1. The maximum absolute atomic E-state index is 11.7. The van der Waals surface area contributed by atoms with Gasteiger partial charge in [0.2, 0.25) is 5.91 Å². The van der Waals surface area contributed by atoms with Crippen molar-refractivity contribution in [1.82, 2.24) is 16.0 Å². The fourth-order valence-corrected chi connectivity index (χ4v) is 1.94. The molecular formula is C14H29IN4OS. The van der Waals surface area contributed by atoms with Gasteiger partial charge in [0, 0.05) is 30.1 Å². The van der Waals surface area contributed by atoms with Crippen molar-refractivity contribution in [1.29, 1.82) is 0 Å². The van der Waals surface area contributed by atoms with Crippen molar-refractivity contribution in [2.45, 2.75) is 33.2 Å². The highest BCUT2D eigenvalue weighted by molar-refractivity contribution is 14.0. The van der Waals surface area contributed by atoms with E-state index in [4.69, 9.17) is 0 Å². The van der Waals surface area contributed by atoms with Crippen LogP contribution in [0.4, 0.5) is 0 Å². The Morgan fingerprint density at radius 1 is 1.33 bits per heavy atom. The van der Waals surface area contributed by atoms with Gasteiger partial charge in [0.05, 0.1) is 0 Å². The van der Waals surface area contributed by atoms with Crippen molar-refractivity contribution in [3.63, 3.8) is 0 Å². The number of nitrogens with one attached hydrogen (secondary N) is 3. The zero-order chi connectivity index (χ0) is 15.4. The normalized spacial score (nSPS) is 11.3. The van der Waals surface area contributed by atoms with Crippen LogP contribution in [0.3, 0.4) is 0 Å². The summed E-state index contributed by atoms with van der Waals surface area (Å²) in [4.78, 5) is 16.0. The molecule has 5 nitrogen and oxygen atoms in total. The second-order valence-electron chi connectivity index (χ2n) is 5.28. The number of carbonyl (C=O) groups excluding carboxylic acids is 1. The molecule has 0 aliphatic rings. The molecule has 1 amide bonds. The van der Waals surface area contributed by atoms with Gasteiger partial charge < -0.3 is 16.0 Å². The average Bonchev–Trinajstić information content (AvgIpc) is 2.33. The SMILES string of the molecule is C=CCSCCNC(=NCC(=O)NC(C)(C)C)NCC.I. The molecule has 0 rings (SSSR count). The lowest BCUT2D eigenvalue weighted by Crippen LogP contribution is -2.43. The lowest BCUT2D eigenvalue weighted by Gasteiger charge is -2.20. The van der Waals surface area contributed by atoms with Crippen LogP contribution in [0.1, 0.15) is 27.7 Å². The molecule has 0 spiro atoms. The summed E-state index contributed by atoms with van der Waals surface area (Å²) in [5, 5.41) is 9.21. The molecule has 7 heteroatoms. The molecule has 0 aromatic rings. The van der Waals surface area contributed by atoms with E-state index in [9.17, 15) is 4.79 Å². The zero-order valence-corrected chi connectivity index (χ0v) is 16.6. The van der Waals surface area contributed by atoms with Crippen LogP contribution in [0.2, 0.25) is 0 Å². The number of carbonyl (C=O) groups is 1. The largest absolute Gasteiger partial charge is 0.357 e. The van der Waals surface area contributed by atoms with E-state index in [1.165, 1.54) is 0 Å². The molecule has 0 aromatic heterocycles. The van der Waals surface area contributed by atoms with E-state index >= 15 is 0 Å². The average molecular weight is 428 g/mol. The Labute approximate surface area is 150 Å². The first-order valence-electron chi connectivity index (χ1n) is 6.91. The molecular weight excluding hydrogens is 399 g/mol. The van der Waals surface area contributed by atoms with Crippen LogP contribution in [0.25, 0.3) is 0 Å². The number of rotatable bonds is 8. The Morgan fingerprint density at radius 3 is 2.52 bits per heavy atom. The molecule has 124 valence electrons. The van der Waals surface area contributed by atoms with Crippen molar-refractivity contribution >= 4 is 47.6 Å². The second kappa shape index (κ2) is 13.2. The van der Waals surface area contributed by atoms with Gasteiger partial charge in [0.25, 0.3) is 0 Å². The monoisotopic (exact) mass is 428 g/mol. The summed E-state index contributed by atoms with van der Waals surface area (Å²) < 4.78 is 0. The first-order valence-corrected chi connectivity index (χ1v) is 8.06. The van der Waals surface area contributed by atoms with Crippen LogP contribution < -0.4 is 16.0 Å². The molecule has 0 bridgehead atoms. The molecule has 21 heavy (non-hydrogen) atoms. The van der Waals surface area contributed by atoms with Gasteiger partial charge in [-0.25, -0.2) is 4.99 Å². The summed E-state index contributed by atoms with van der Waals surface area (Å²) in [6, 6.07) is 0. The highest BCUT2D eigenvalue weighted by Crippen LogP contribution is 1.98. The Kier molecular flexibility index (Phi) is 14.4. The summed E-state index contributed by atoms with van der Waals surface area (Å²) >= 11 is 1.80. The highest BCUT2D eigenvalue weighted by Gasteiger charge is 2.13. The van der Waals surface area contributed by atoms with Gasteiger partial charge in [-0.2, -0.15) is 11.8 Å². The predicted octanol–water partition coefficient (Wildman–Crippen LogP) is 1.99. The molecule has 0 aromatic carbocycles. The van der Waals surface area contributed by atoms with Gasteiger partial charge in [-0.3, -0.25) is 4.79 Å². The van der Waals surface area contributed by atoms with Gasteiger partial charge in [-0.1, -0.05) is 6.08 Å². The van der Waals surface area contributed by atoms with Crippen LogP contribution in [0, 0.1) is 0 Å². The van der Waals surface area contributed by atoms with E-state index in [1.807, 2.05) is 33.8 Å². The zero-order valence-electron chi connectivity index (χ0n) is 13.5. The topological polar surface area (TPSA) is 65.5 Å². The lowest BCUT2D eigenvalue weighted by molar-refractivity contribution is -0.121. The summed E-state index contributed by atoms with van der Waals surface area (Å²) in [5.74, 6) is 2.53. The van der Waals surface area contributed by atoms with Crippen LogP contribution in [-0.4, -0.2) is 48.5 Å². The molecule has 0 radical (unpaired) electrons.